The maximum atomic E-state index is 15.1. The van der Waals surface area contributed by atoms with Gasteiger partial charge >= 0.3 is 24.4 Å². The summed E-state index contributed by atoms with van der Waals surface area (Å²) in [6.07, 6.45) is -5.86. The monoisotopic (exact) mass is 1100 g/mol. The summed E-state index contributed by atoms with van der Waals surface area (Å²) in [6, 6.07) is 23.3. The van der Waals surface area contributed by atoms with Crippen LogP contribution in [0.15, 0.2) is 120 Å². The highest BCUT2D eigenvalue weighted by Gasteiger charge is 2.51. The summed E-state index contributed by atoms with van der Waals surface area (Å²) in [5.41, 5.74) is 0.968. The van der Waals surface area contributed by atoms with Gasteiger partial charge in [-0.05, 0) is 105 Å². The molecule has 0 aliphatic carbocycles. The van der Waals surface area contributed by atoms with Crippen LogP contribution < -0.4 is 9.80 Å². The average molecular weight is 1100 g/mol. The van der Waals surface area contributed by atoms with Crippen molar-refractivity contribution in [2.75, 3.05) is 75.2 Å². The predicted molar refractivity (Wildman–Crippen MR) is 272 cm³/mol. The molecule has 4 aromatic carbocycles. The molecule has 9 rings (SSSR count). The lowest BCUT2D eigenvalue weighted by Crippen LogP contribution is -2.55. The molecule has 5 aliphatic rings. The van der Waals surface area contributed by atoms with Crippen molar-refractivity contribution >= 4 is 52.2 Å². The first-order chi connectivity index (χ1) is 35.4. The van der Waals surface area contributed by atoms with E-state index in [4.69, 9.17) is 0 Å². The number of urea groups is 2. The first-order valence-electron chi connectivity index (χ1n) is 24.9. The molecule has 6 amide bonds. The number of piperidine rings is 1. The van der Waals surface area contributed by atoms with Crippen molar-refractivity contribution in [3.63, 3.8) is 0 Å². The molecule has 0 saturated carbocycles. The summed E-state index contributed by atoms with van der Waals surface area (Å²) >= 11 is 0. The van der Waals surface area contributed by atoms with Gasteiger partial charge in [0.1, 0.15) is 0 Å². The minimum Gasteiger partial charge on any atom is -0.333 e. The number of quaternary nitrogens is 1. The Morgan fingerprint density at radius 1 is 0.573 bits per heavy atom. The molecule has 392 valence electrons. The standard InChI is InChI=1S/C55H54F6N9O4.BrH/c1-3-64-34-44-46(50(64)71)48(38-20-16-36(32-62)17-21-38)66(52(73)68(44)42-14-8-12-40(30-42)54(56,57)58)24-10-28-70(26-6-5-7-27-70)29-11-25-67-49(39-22-18-37(33-63)19-23-39)47-45(35-65(4-2)51(47)72)69(53(67)74)43-15-9-13-41(31-43)55(59,60)61;/h8-9,12-23,30-31,48-49H,3-7,10-11,24-29,34-35H2,1-2H3;1H/q+1;/t48-,49-;/m1./s1. The molecular formula is C55H55BrF6N9O4+. The summed E-state index contributed by atoms with van der Waals surface area (Å²) in [5, 5.41) is 19.3. The number of halogens is 7. The van der Waals surface area contributed by atoms with E-state index in [1.165, 1.54) is 34.1 Å². The van der Waals surface area contributed by atoms with Crippen molar-refractivity contribution in [1.29, 1.82) is 10.5 Å². The van der Waals surface area contributed by atoms with E-state index in [1.807, 2.05) is 0 Å². The number of rotatable bonds is 14. The molecule has 0 radical (unpaired) electrons. The number of hydrogen-bond donors (Lipinski definition) is 0. The number of likely N-dealkylation sites (N-methyl/N-ethyl adjacent to an activating group) is 2. The van der Waals surface area contributed by atoms with E-state index in [-0.39, 0.29) is 102 Å². The molecule has 20 heteroatoms. The predicted octanol–water partition coefficient (Wildman–Crippen LogP) is 10.7. The minimum absolute atomic E-state index is 0. The summed E-state index contributed by atoms with van der Waals surface area (Å²) < 4.78 is 85.5. The molecule has 75 heavy (non-hydrogen) atoms. The average Bonchev–Trinajstić information content (AvgIpc) is 3.93. The summed E-state index contributed by atoms with van der Waals surface area (Å²) in [6.45, 7) is 6.91. The molecule has 13 nitrogen and oxygen atoms in total. The normalized spacial score (nSPS) is 19.9. The fraction of sp³-hybridized carbons (Fsp3) is 0.382. The topological polar surface area (TPSA) is 135 Å². The summed E-state index contributed by atoms with van der Waals surface area (Å²) in [4.78, 5) is 67.5. The molecule has 2 atom stereocenters. The van der Waals surface area contributed by atoms with Gasteiger partial charge < -0.3 is 24.1 Å². The van der Waals surface area contributed by atoms with Crippen molar-refractivity contribution in [2.45, 2.75) is 70.4 Å². The third-order valence-corrected chi connectivity index (χ3v) is 15.1. The Bertz CT molecular complexity index is 2820. The number of hydrogen-bond acceptors (Lipinski definition) is 6. The van der Waals surface area contributed by atoms with E-state index in [9.17, 15) is 46.5 Å². The van der Waals surface area contributed by atoms with Gasteiger partial charge in [0, 0.05) is 39.0 Å². The molecule has 5 aliphatic heterocycles. The van der Waals surface area contributed by atoms with Crippen LogP contribution in [0.5, 0.6) is 0 Å². The fourth-order valence-electron chi connectivity index (χ4n) is 11.4. The van der Waals surface area contributed by atoms with Crippen LogP contribution >= 0.6 is 17.0 Å². The van der Waals surface area contributed by atoms with Gasteiger partial charge in [0.05, 0.1) is 120 Å². The quantitative estimate of drug-likeness (QED) is 0.0911. The second kappa shape index (κ2) is 21.6. The molecule has 1 fully saturated rings. The highest BCUT2D eigenvalue weighted by molar-refractivity contribution is 8.93. The summed E-state index contributed by atoms with van der Waals surface area (Å²) in [7, 11) is 0. The third-order valence-electron chi connectivity index (χ3n) is 15.1. The number of carbonyl (C=O) groups excluding carboxylic acids is 4. The zero-order chi connectivity index (χ0) is 52.7. The van der Waals surface area contributed by atoms with Crippen LogP contribution in [0.3, 0.4) is 0 Å². The van der Waals surface area contributed by atoms with Crippen LogP contribution in [0.2, 0.25) is 0 Å². The number of carbonyl (C=O) groups is 4. The van der Waals surface area contributed by atoms with E-state index >= 15 is 9.59 Å². The molecule has 0 spiro atoms. The van der Waals surface area contributed by atoms with Crippen LogP contribution in [-0.4, -0.2) is 113 Å². The number of nitriles is 2. The van der Waals surface area contributed by atoms with Gasteiger partial charge in [0.2, 0.25) is 0 Å². The minimum atomic E-state index is -4.71. The van der Waals surface area contributed by atoms with Crippen molar-refractivity contribution < 1.29 is 50.0 Å². The van der Waals surface area contributed by atoms with E-state index in [0.717, 1.165) is 56.6 Å². The van der Waals surface area contributed by atoms with E-state index in [2.05, 4.69) is 12.1 Å². The van der Waals surface area contributed by atoms with Gasteiger partial charge in [-0.25, -0.2) is 9.59 Å². The molecule has 0 aromatic heterocycles. The van der Waals surface area contributed by atoms with Crippen LogP contribution in [0.1, 0.15) is 91.4 Å². The van der Waals surface area contributed by atoms with Crippen molar-refractivity contribution in [3.05, 3.63) is 153 Å². The van der Waals surface area contributed by atoms with Gasteiger partial charge in [-0.15, -0.1) is 17.0 Å². The van der Waals surface area contributed by atoms with Crippen LogP contribution in [-0.2, 0) is 21.9 Å². The van der Waals surface area contributed by atoms with Crippen molar-refractivity contribution in [2.24, 2.45) is 0 Å². The van der Waals surface area contributed by atoms with Crippen LogP contribution in [0.4, 0.5) is 47.3 Å². The Hall–Kier alpha value is -7.16. The van der Waals surface area contributed by atoms with E-state index < -0.39 is 47.6 Å². The lowest BCUT2D eigenvalue weighted by atomic mass is 9.92. The molecular weight excluding hydrogens is 1040 g/mol. The van der Waals surface area contributed by atoms with Gasteiger partial charge in [0.15, 0.2) is 0 Å². The zero-order valence-corrected chi connectivity index (χ0v) is 43.0. The first kappa shape index (κ1) is 54.1. The number of amides is 6. The Morgan fingerprint density at radius 3 is 1.31 bits per heavy atom. The van der Waals surface area contributed by atoms with Crippen molar-refractivity contribution in [3.8, 4) is 12.1 Å². The van der Waals surface area contributed by atoms with E-state index in [0.29, 0.717) is 52.7 Å². The van der Waals surface area contributed by atoms with E-state index in [1.54, 1.807) is 82.0 Å². The maximum Gasteiger partial charge on any atom is 0.416 e. The number of benzene rings is 4. The fourth-order valence-corrected chi connectivity index (χ4v) is 11.4. The number of likely N-dealkylation sites (tertiary alicyclic amines) is 1. The molecule has 0 unspecified atom stereocenters. The van der Waals surface area contributed by atoms with Crippen LogP contribution in [0.25, 0.3) is 0 Å². The summed E-state index contributed by atoms with van der Waals surface area (Å²) in [5.74, 6) is -0.706. The van der Waals surface area contributed by atoms with Gasteiger partial charge in [-0.2, -0.15) is 36.9 Å². The SMILES string of the molecule is Br.CCN1CC2=C(C1=O)[C@@H](c1ccc(C#N)cc1)N(CCC[N+]1(CCCN3C(=O)N(c4cccc(C(F)(F)F)c4)C4=C(C(=O)N(CC)C4)[C@H]3c3ccc(C#N)cc3)CCCCC1)C(=O)N2c1cccc(C(F)(F)F)c1. The lowest BCUT2D eigenvalue weighted by molar-refractivity contribution is -0.932. The highest BCUT2D eigenvalue weighted by Crippen LogP contribution is 2.47. The van der Waals surface area contributed by atoms with Crippen molar-refractivity contribution in [1.82, 2.24) is 19.6 Å². The maximum absolute atomic E-state index is 15.1. The molecule has 4 aromatic rings. The number of anilines is 2. The molecule has 0 bridgehead atoms. The van der Waals surface area contributed by atoms with Gasteiger partial charge in [0.25, 0.3) is 11.8 Å². The molecule has 0 N–H and O–H groups in total. The Labute approximate surface area is 441 Å². The first-order valence-corrected chi connectivity index (χ1v) is 24.9. The second-order valence-corrected chi connectivity index (χ2v) is 19.4. The molecule has 1 saturated heterocycles. The van der Waals surface area contributed by atoms with Crippen LogP contribution in [0, 0.1) is 22.7 Å². The third kappa shape index (κ3) is 10.3. The zero-order valence-electron chi connectivity index (χ0n) is 41.3. The number of nitrogens with zero attached hydrogens (tertiary/aromatic N) is 9. The Morgan fingerprint density at radius 2 is 0.960 bits per heavy atom. The number of alkyl halides is 6. The Kier molecular flexibility index (Phi) is 15.6. The lowest BCUT2D eigenvalue weighted by Gasteiger charge is -2.45. The second-order valence-electron chi connectivity index (χ2n) is 19.4. The largest absolute Gasteiger partial charge is 0.416 e. The molecule has 5 heterocycles. The Balaban J connectivity index is 0.00000747. The van der Waals surface area contributed by atoms with Gasteiger partial charge in [-0.1, -0.05) is 36.4 Å². The smallest absolute Gasteiger partial charge is 0.333 e. The highest BCUT2D eigenvalue weighted by atomic mass is 79.9. The van der Waals surface area contributed by atoms with Gasteiger partial charge in [-0.3, -0.25) is 19.4 Å².